The van der Waals surface area contributed by atoms with E-state index in [1.165, 1.54) is 46.7 Å². The highest BCUT2D eigenvalue weighted by molar-refractivity contribution is 5.80. The van der Waals surface area contributed by atoms with Crippen molar-refractivity contribution in [2.24, 2.45) is 5.92 Å². The second-order valence-electron chi connectivity index (χ2n) is 9.97. The first-order valence-corrected chi connectivity index (χ1v) is 9.84. The third-order valence-electron chi connectivity index (χ3n) is 7.33. The lowest BCUT2D eigenvalue weighted by Crippen LogP contribution is -2.34. The number of hydrogen-bond donors (Lipinski definition) is 1. The Balaban J connectivity index is 1.74. The number of allylic oxidation sites excluding steroid dienone is 3. The van der Waals surface area contributed by atoms with Gasteiger partial charge in [0.15, 0.2) is 0 Å². The fourth-order valence-electron chi connectivity index (χ4n) is 5.43. The van der Waals surface area contributed by atoms with Crippen LogP contribution in [0.15, 0.2) is 35.9 Å². The van der Waals surface area contributed by atoms with Crippen molar-refractivity contribution in [3.05, 3.63) is 58.2 Å². The van der Waals surface area contributed by atoms with Gasteiger partial charge in [0, 0.05) is 11.5 Å². The van der Waals surface area contributed by atoms with Gasteiger partial charge in [-0.3, -0.25) is 0 Å². The first-order chi connectivity index (χ1) is 12.1. The van der Waals surface area contributed by atoms with Crippen molar-refractivity contribution in [3.63, 3.8) is 0 Å². The van der Waals surface area contributed by atoms with E-state index in [2.05, 4.69) is 52.8 Å². The van der Waals surface area contributed by atoms with Crippen LogP contribution < -0.4 is 0 Å². The Kier molecular flexibility index (Phi) is 3.61. The average molecular weight is 351 g/mol. The first-order valence-electron chi connectivity index (χ1n) is 9.84. The predicted molar refractivity (Wildman–Crippen MR) is 106 cm³/mol. The number of benzene rings is 1. The Bertz CT molecular complexity index is 853. The molecule has 0 bridgehead atoms. The van der Waals surface area contributed by atoms with E-state index in [0.29, 0.717) is 5.92 Å². The van der Waals surface area contributed by atoms with E-state index in [4.69, 9.17) is 5.11 Å². The molecule has 0 amide bonds. The van der Waals surface area contributed by atoms with Crippen LogP contribution in [0, 0.1) is 12.8 Å². The molecule has 2 heteroatoms. The standard InChI is InChI=1S/C24H30O2/c1-15-12-18-19(23(4,5)11-10-22(18,2)3)13-17(15)24-9-8-16(20(24)14-24)6-7-21(25)26/h6-8,12-13,20H,9-11,14H2,1-5H3,(H,25,26). The minimum atomic E-state index is -0.863. The second-order valence-corrected chi connectivity index (χ2v) is 9.97. The molecule has 0 spiro atoms. The highest BCUT2D eigenvalue weighted by atomic mass is 16.4. The third-order valence-corrected chi connectivity index (χ3v) is 7.33. The molecular formula is C24H30O2. The summed E-state index contributed by atoms with van der Waals surface area (Å²) in [6.45, 7) is 11.8. The van der Waals surface area contributed by atoms with Gasteiger partial charge < -0.3 is 5.11 Å². The van der Waals surface area contributed by atoms with Gasteiger partial charge >= 0.3 is 5.97 Å². The summed E-state index contributed by atoms with van der Waals surface area (Å²) < 4.78 is 0. The fourth-order valence-corrected chi connectivity index (χ4v) is 5.43. The average Bonchev–Trinajstić information content (AvgIpc) is 3.17. The molecule has 3 aliphatic rings. The van der Waals surface area contributed by atoms with Crippen LogP contribution in [0.3, 0.4) is 0 Å². The Morgan fingerprint density at radius 1 is 1.08 bits per heavy atom. The quantitative estimate of drug-likeness (QED) is 0.723. The van der Waals surface area contributed by atoms with Crippen molar-refractivity contribution in [3.8, 4) is 0 Å². The molecule has 3 aliphatic carbocycles. The molecule has 0 saturated heterocycles. The lowest BCUT2D eigenvalue weighted by atomic mass is 9.62. The molecule has 1 fully saturated rings. The summed E-state index contributed by atoms with van der Waals surface area (Å²) in [4.78, 5) is 10.9. The van der Waals surface area contributed by atoms with Gasteiger partial charge in [-0.2, -0.15) is 0 Å². The molecule has 4 rings (SSSR count). The van der Waals surface area contributed by atoms with Crippen LogP contribution in [0.2, 0.25) is 0 Å². The van der Waals surface area contributed by atoms with E-state index in [1.807, 2.05) is 6.08 Å². The van der Waals surface area contributed by atoms with Crippen LogP contribution in [-0.2, 0) is 21.0 Å². The summed E-state index contributed by atoms with van der Waals surface area (Å²) in [6, 6.07) is 4.98. The lowest BCUT2D eigenvalue weighted by Gasteiger charge is -2.43. The second kappa shape index (κ2) is 5.34. The number of aryl methyl sites for hydroxylation is 1. The van der Waals surface area contributed by atoms with Crippen molar-refractivity contribution in [2.45, 2.75) is 76.5 Å². The van der Waals surface area contributed by atoms with Gasteiger partial charge in [0.1, 0.15) is 0 Å². The van der Waals surface area contributed by atoms with E-state index >= 15 is 0 Å². The molecule has 1 saturated carbocycles. The maximum absolute atomic E-state index is 10.9. The van der Waals surface area contributed by atoms with Crippen LogP contribution in [0.1, 0.15) is 75.6 Å². The van der Waals surface area contributed by atoms with Gasteiger partial charge in [0.2, 0.25) is 0 Å². The van der Waals surface area contributed by atoms with E-state index in [-0.39, 0.29) is 16.2 Å². The number of hydrogen-bond acceptors (Lipinski definition) is 1. The van der Waals surface area contributed by atoms with E-state index in [1.54, 1.807) is 0 Å². The Morgan fingerprint density at radius 3 is 2.27 bits per heavy atom. The van der Waals surface area contributed by atoms with Gasteiger partial charge in [0.25, 0.3) is 0 Å². The van der Waals surface area contributed by atoms with Crippen molar-refractivity contribution < 1.29 is 9.90 Å². The first kappa shape index (κ1) is 17.6. The van der Waals surface area contributed by atoms with Crippen molar-refractivity contribution >= 4 is 5.97 Å². The summed E-state index contributed by atoms with van der Waals surface area (Å²) >= 11 is 0. The minimum Gasteiger partial charge on any atom is -0.478 e. The zero-order valence-electron chi connectivity index (χ0n) is 16.6. The Labute approximate surface area is 157 Å². The van der Waals surface area contributed by atoms with E-state index in [9.17, 15) is 4.79 Å². The number of carboxylic acids is 1. The SMILES string of the molecule is Cc1cc2c(cc1C13CC=C(C=CC(=O)O)C1C3)C(C)(C)CCC2(C)C. The van der Waals surface area contributed by atoms with Crippen molar-refractivity contribution in [2.75, 3.05) is 0 Å². The minimum absolute atomic E-state index is 0.217. The largest absolute Gasteiger partial charge is 0.478 e. The molecular weight excluding hydrogens is 320 g/mol. The molecule has 1 aromatic rings. The number of fused-ring (bicyclic) bond motifs is 2. The summed E-state index contributed by atoms with van der Waals surface area (Å²) in [5, 5.41) is 8.92. The molecule has 1 aromatic carbocycles. The number of carboxylic acid groups (broad SMARTS) is 1. The molecule has 138 valence electrons. The predicted octanol–water partition coefficient (Wildman–Crippen LogP) is 5.57. The monoisotopic (exact) mass is 350 g/mol. The molecule has 0 heterocycles. The summed E-state index contributed by atoms with van der Waals surface area (Å²) in [5.41, 5.74) is 7.88. The molecule has 26 heavy (non-hydrogen) atoms. The summed E-state index contributed by atoms with van der Waals surface area (Å²) in [6.07, 6.45) is 10.0. The number of aliphatic carboxylic acids is 1. The van der Waals surface area contributed by atoms with Gasteiger partial charge in [-0.15, -0.1) is 0 Å². The van der Waals surface area contributed by atoms with Crippen LogP contribution >= 0.6 is 0 Å². The van der Waals surface area contributed by atoms with Crippen LogP contribution in [0.25, 0.3) is 0 Å². The van der Waals surface area contributed by atoms with Gasteiger partial charge in [-0.25, -0.2) is 4.79 Å². The zero-order valence-corrected chi connectivity index (χ0v) is 16.6. The Hall–Kier alpha value is -1.83. The molecule has 2 nitrogen and oxygen atoms in total. The van der Waals surface area contributed by atoms with Crippen LogP contribution in [0.4, 0.5) is 0 Å². The van der Waals surface area contributed by atoms with Crippen LogP contribution in [0.5, 0.6) is 0 Å². The molecule has 1 N–H and O–H groups in total. The molecule has 0 radical (unpaired) electrons. The van der Waals surface area contributed by atoms with Gasteiger partial charge in [-0.1, -0.05) is 52.0 Å². The number of rotatable bonds is 3. The highest BCUT2D eigenvalue weighted by Gasteiger charge is 2.59. The summed E-state index contributed by atoms with van der Waals surface area (Å²) in [5.74, 6) is -0.368. The smallest absolute Gasteiger partial charge is 0.328 e. The molecule has 2 unspecified atom stereocenters. The topological polar surface area (TPSA) is 37.3 Å². The highest BCUT2D eigenvalue weighted by Crippen LogP contribution is 2.65. The Morgan fingerprint density at radius 2 is 1.69 bits per heavy atom. The van der Waals surface area contributed by atoms with Crippen molar-refractivity contribution in [1.29, 1.82) is 0 Å². The van der Waals surface area contributed by atoms with E-state index in [0.717, 1.165) is 12.8 Å². The third kappa shape index (κ3) is 2.49. The van der Waals surface area contributed by atoms with Crippen molar-refractivity contribution in [1.82, 2.24) is 0 Å². The maximum Gasteiger partial charge on any atom is 0.328 e. The molecule has 0 aromatic heterocycles. The van der Waals surface area contributed by atoms with Gasteiger partial charge in [0.05, 0.1) is 0 Å². The fraction of sp³-hybridized carbons (Fsp3) is 0.542. The lowest BCUT2D eigenvalue weighted by molar-refractivity contribution is -0.131. The van der Waals surface area contributed by atoms with Gasteiger partial charge in [-0.05, 0) is 77.2 Å². The normalized spacial score (nSPS) is 30.7. The zero-order chi connectivity index (χ0) is 18.9. The van der Waals surface area contributed by atoms with E-state index < -0.39 is 5.97 Å². The molecule has 2 atom stereocenters. The van der Waals surface area contributed by atoms with Crippen LogP contribution in [-0.4, -0.2) is 11.1 Å². The molecule has 0 aliphatic heterocycles. The number of carbonyl (C=O) groups is 1. The summed E-state index contributed by atoms with van der Waals surface area (Å²) in [7, 11) is 0. The maximum atomic E-state index is 10.9.